The minimum Gasteiger partial charge on any atom is -0.503 e. The lowest BCUT2D eigenvalue weighted by atomic mass is 10.1. The number of carbonyl (C=O) groups is 1. The number of benzene rings is 1. The SMILES string of the molecule is CCCCCCCCCOC(=O)c1c(O)c(O)c(OCC)c(OCC)c1OCC. The molecule has 0 atom stereocenters. The van der Waals surface area contributed by atoms with Crippen molar-refractivity contribution >= 4 is 5.97 Å². The van der Waals surface area contributed by atoms with Crippen molar-refractivity contribution < 1.29 is 34.0 Å². The maximum Gasteiger partial charge on any atom is 0.346 e. The molecule has 0 aliphatic heterocycles. The van der Waals surface area contributed by atoms with E-state index in [1.807, 2.05) is 0 Å². The third kappa shape index (κ3) is 7.22. The van der Waals surface area contributed by atoms with Crippen LogP contribution in [0.5, 0.6) is 28.7 Å². The van der Waals surface area contributed by atoms with Gasteiger partial charge < -0.3 is 29.2 Å². The molecule has 0 saturated heterocycles. The molecule has 0 heterocycles. The summed E-state index contributed by atoms with van der Waals surface area (Å²) in [6.45, 7) is 8.38. The number of hydrogen-bond donors (Lipinski definition) is 2. The molecule has 0 amide bonds. The number of esters is 1. The Morgan fingerprint density at radius 2 is 1.21 bits per heavy atom. The molecule has 0 aromatic heterocycles. The van der Waals surface area contributed by atoms with Crippen molar-refractivity contribution in [3.05, 3.63) is 5.56 Å². The molecule has 2 N–H and O–H groups in total. The summed E-state index contributed by atoms with van der Waals surface area (Å²) in [5, 5.41) is 20.8. The van der Waals surface area contributed by atoms with E-state index < -0.39 is 17.5 Å². The first-order valence-corrected chi connectivity index (χ1v) is 10.7. The van der Waals surface area contributed by atoms with Gasteiger partial charge in [-0.2, -0.15) is 0 Å². The number of ether oxygens (including phenoxy) is 4. The van der Waals surface area contributed by atoms with Gasteiger partial charge in [0.15, 0.2) is 17.1 Å². The van der Waals surface area contributed by atoms with Gasteiger partial charge in [0.2, 0.25) is 17.2 Å². The van der Waals surface area contributed by atoms with Gasteiger partial charge in [-0.05, 0) is 27.2 Å². The molecule has 1 aromatic rings. The molecule has 0 spiro atoms. The molecule has 166 valence electrons. The first-order valence-electron chi connectivity index (χ1n) is 10.7. The van der Waals surface area contributed by atoms with Crippen LogP contribution in [0.2, 0.25) is 0 Å². The Morgan fingerprint density at radius 3 is 1.79 bits per heavy atom. The normalized spacial score (nSPS) is 10.6. The van der Waals surface area contributed by atoms with Gasteiger partial charge in [0.25, 0.3) is 0 Å². The number of rotatable bonds is 15. The zero-order chi connectivity index (χ0) is 21.6. The fourth-order valence-corrected chi connectivity index (χ4v) is 2.98. The first kappa shape index (κ1) is 24.7. The second kappa shape index (κ2) is 13.8. The summed E-state index contributed by atoms with van der Waals surface area (Å²) < 4.78 is 21.9. The minimum atomic E-state index is -0.767. The highest BCUT2D eigenvalue weighted by Crippen LogP contribution is 2.53. The van der Waals surface area contributed by atoms with Crippen LogP contribution in [0.3, 0.4) is 0 Å². The van der Waals surface area contributed by atoms with Crippen molar-refractivity contribution in [1.82, 2.24) is 0 Å². The molecule has 0 fully saturated rings. The molecule has 0 unspecified atom stereocenters. The number of phenolic OH excluding ortho intramolecular Hbond substituents is 2. The number of phenols is 2. The van der Waals surface area contributed by atoms with Crippen LogP contribution in [-0.2, 0) is 4.74 Å². The van der Waals surface area contributed by atoms with Gasteiger partial charge in [-0.25, -0.2) is 4.79 Å². The zero-order valence-corrected chi connectivity index (χ0v) is 18.2. The topological polar surface area (TPSA) is 94.5 Å². The van der Waals surface area contributed by atoms with Gasteiger partial charge in [0.05, 0.1) is 26.4 Å². The highest BCUT2D eigenvalue weighted by molar-refractivity contribution is 5.99. The van der Waals surface area contributed by atoms with Gasteiger partial charge in [0.1, 0.15) is 0 Å². The van der Waals surface area contributed by atoms with Crippen LogP contribution in [0.25, 0.3) is 0 Å². The monoisotopic (exact) mass is 412 g/mol. The number of aromatic hydroxyl groups is 2. The van der Waals surface area contributed by atoms with Crippen molar-refractivity contribution in [3.63, 3.8) is 0 Å². The third-order valence-corrected chi connectivity index (χ3v) is 4.37. The van der Waals surface area contributed by atoms with Crippen LogP contribution in [0.15, 0.2) is 0 Å². The average Bonchev–Trinajstić information content (AvgIpc) is 2.70. The number of carbonyl (C=O) groups excluding carboxylic acids is 1. The quantitative estimate of drug-likeness (QED) is 0.232. The molecule has 0 aliphatic carbocycles. The van der Waals surface area contributed by atoms with E-state index in [0.29, 0.717) is 0 Å². The smallest absolute Gasteiger partial charge is 0.346 e. The van der Waals surface area contributed by atoms with Crippen LogP contribution < -0.4 is 14.2 Å². The molecule has 7 nitrogen and oxygen atoms in total. The predicted molar refractivity (Wildman–Crippen MR) is 112 cm³/mol. The summed E-state index contributed by atoms with van der Waals surface area (Å²) in [5.41, 5.74) is -0.251. The molecule has 29 heavy (non-hydrogen) atoms. The molecule has 1 aromatic carbocycles. The standard InChI is InChI=1S/C22H36O7/c1-5-9-10-11-12-13-14-15-29-22(25)16-17(23)18(24)20(27-7-3)21(28-8-4)19(16)26-6-2/h23-24H,5-15H2,1-4H3. The maximum absolute atomic E-state index is 12.6. The fraction of sp³-hybridized carbons (Fsp3) is 0.682. The Labute approximate surface area is 173 Å². The molecule has 7 heteroatoms. The van der Waals surface area contributed by atoms with E-state index in [2.05, 4.69) is 6.92 Å². The summed E-state index contributed by atoms with van der Waals surface area (Å²) in [4.78, 5) is 12.6. The first-order chi connectivity index (χ1) is 14.0. The van der Waals surface area contributed by atoms with Crippen molar-refractivity contribution in [2.24, 2.45) is 0 Å². The van der Waals surface area contributed by atoms with Crippen molar-refractivity contribution in [2.75, 3.05) is 26.4 Å². The number of unbranched alkanes of at least 4 members (excludes halogenated alkanes) is 6. The molecule has 0 bridgehead atoms. The molecule has 1 rings (SSSR count). The maximum atomic E-state index is 12.6. The lowest BCUT2D eigenvalue weighted by Crippen LogP contribution is -2.12. The van der Waals surface area contributed by atoms with E-state index in [4.69, 9.17) is 18.9 Å². The van der Waals surface area contributed by atoms with Gasteiger partial charge >= 0.3 is 5.97 Å². The summed E-state index contributed by atoms with van der Waals surface area (Å²) in [5.74, 6) is -1.94. The molecular formula is C22H36O7. The predicted octanol–water partition coefficient (Wildman–Crippen LogP) is 5.20. The molecular weight excluding hydrogens is 376 g/mol. The average molecular weight is 413 g/mol. The highest BCUT2D eigenvalue weighted by atomic mass is 16.6. The van der Waals surface area contributed by atoms with E-state index >= 15 is 0 Å². The van der Waals surface area contributed by atoms with Crippen LogP contribution >= 0.6 is 0 Å². The van der Waals surface area contributed by atoms with Gasteiger partial charge in [-0.1, -0.05) is 45.4 Å². The largest absolute Gasteiger partial charge is 0.503 e. The van der Waals surface area contributed by atoms with Crippen molar-refractivity contribution in [2.45, 2.75) is 72.6 Å². The minimum absolute atomic E-state index is 0.0117. The summed E-state index contributed by atoms with van der Waals surface area (Å²) in [6, 6.07) is 0. The summed E-state index contributed by atoms with van der Waals surface area (Å²) in [6.07, 6.45) is 7.68. The van der Waals surface area contributed by atoms with Gasteiger partial charge in [0, 0.05) is 0 Å². The lowest BCUT2D eigenvalue weighted by Gasteiger charge is -2.20. The highest BCUT2D eigenvalue weighted by Gasteiger charge is 2.32. The van der Waals surface area contributed by atoms with Crippen molar-refractivity contribution in [3.8, 4) is 28.7 Å². The second-order valence-corrected chi connectivity index (χ2v) is 6.62. The van der Waals surface area contributed by atoms with Crippen LogP contribution in [0.1, 0.15) is 83.0 Å². The molecule has 0 saturated carbocycles. The second-order valence-electron chi connectivity index (χ2n) is 6.62. The van der Waals surface area contributed by atoms with E-state index in [1.165, 1.54) is 25.7 Å². The van der Waals surface area contributed by atoms with Crippen LogP contribution in [-0.4, -0.2) is 42.6 Å². The Hall–Kier alpha value is -2.31. The van der Waals surface area contributed by atoms with E-state index in [9.17, 15) is 15.0 Å². The molecule has 0 aliphatic rings. The summed E-state index contributed by atoms with van der Waals surface area (Å²) in [7, 11) is 0. The van der Waals surface area contributed by atoms with Gasteiger partial charge in [-0.3, -0.25) is 0 Å². The fourth-order valence-electron chi connectivity index (χ4n) is 2.98. The Bertz CT molecular complexity index is 628. The Kier molecular flexibility index (Phi) is 11.8. The Balaban J connectivity index is 2.93. The Morgan fingerprint density at radius 1 is 0.690 bits per heavy atom. The van der Waals surface area contributed by atoms with E-state index in [0.717, 1.165) is 19.3 Å². The summed E-state index contributed by atoms with van der Waals surface area (Å²) >= 11 is 0. The third-order valence-electron chi connectivity index (χ3n) is 4.37. The zero-order valence-electron chi connectivity index (χ0n) is 18.2. The lowest BCUT2D eigenvalue weighted by molar-refractivity contribution is 0.0487. The molecule has 0 radical (unpaired) electrons. The van der Waals surface area contributed by atoms with E-state index in [-0.39, 0.29) is 49.2 Å². The van der Waals surface area contributed by atoms with Gasteiger partial charge in [-0.15, -0.1) is 0 Å². The number of hydrogen-bond acceptors (Lipinski definition) is 7. The van der Waals surface area contributed by atoms with Crippen LogP contribution in [0.4, 0.5) is 0 Å². The van der Waals surface area contributed by atoms with E-state index in [1.54, 1.807) is 20.8 Å². The van der Waals surface area contributed by atoms with Crippen molar-refractivity contribution in [1.29, 1.82) is 0 Å². The van der Waals surface area contributed by atoms with Crippen LogP contribution in [0, 0.1) is 0 Å².